The summed E-state index contributed by atoms with van der Waals surface area (Å²) in [6, 6.07) is 26.2. The van der Waals surface area contributed by atoms with Gasteiger partial charge >= 0.3 is 6.18 Å². The second-order valence-corrected chi connectivity index (χ2v) is 6.47. The minimum Gasteiger partial charge on any atom is -0.253 e. The summed E-state index contributed by atoms with van der Waals surface area (Å²) in [4.78, 5) is 0. The van der Waals surface area contributed by atoms with E-state index in [2.05, 4.69) is 5.10 Å². The van der Waals surface area contributed by atoms with E-state index in [1.165, 1.54) is 12.1 Å². The van der Waals surface area contributed by atoms with Crippen molar-refractivity contribution in [2.45, 2.75) is 11.7 Å². The number of alkyl halides is 3. The molecule has 1 heterocycles. The molecule has 1 aromatic heterocycles. The van der Waals surface area contributed by atoms with Gasteiger partial charge in [-0.2, -0.15) is 18.3 Å². The number of benzene rings is 3. The Morgan fingerprint density at radius 3 is 1.62 bits per heavy atom. The minimum atomic E-state index is -4.43. The predicted octanol–water partition coefficient (Wildman–Crippen LogP) is 6.16. The van der Waals surface area contributed by atoms with Crippen molar-refractivity contribution in [1.29, 1.82) is 0 Å². The lowest BCUT2D eigenvalue weighted by Crippen LogP contribution is -2.38. The van der Waals surface area contributed by atoms with Crippen LogP contribution in [0.1, 0.15) is 22.3 Å². The Morgan fingerprint density at radius 2 is 1.14 bits per heavy atom. The van der Waals surface area contributed by atoms with Crippen LogP contribution in [0.2, 0.25) is 0 Å². The Morgan fingerprint density at radius 1 is 0.621 bits per heavy atom. The van der Waals surface area contributed by atoms with E-state index in [9.17, 15) is 13.2 Å². The van der Waals surface area contributed by atoms with Gasteiger partial charge in [-0.3, -0.25) is 4.68 Å². The Hall–Kier alpha value is -3.05. The summed E-state index contributed by atoms with van der Waals surface area (Å²) in [5, 5.41) is 4.45. The highest BCUT2D eigenvalue weighted by Crippen LogP contribution is 2.42. The lowest BCUT2D eigenvalue weighted by Gasteiger charge is -2.36. The van der Waals surface area contributed by atoms with E-state index < -0.39 is 17.3 Å². The molecule has 0 fully saturated rings. The number of hydrogen-bond acceptors (Lipinski definition) is 1. The zero-order valence-electron chi connectivity index (χ0n) is 15.3. The highest BCUT2D eigenvalue weighted by atomic mass is 35.5. The van der Waals surface area contributed by atoms with Crippen molar-refractivity contribution in [2.24, 2.45) is 0 Å². The third kappa shape index (κ3) is 3.66. The average molecular weight is 415 g/mol. The van der Waals surface area contributed by atoms with E-state index in [1.54, 1.807) is 29.2 Å². The molecule has 0 bridgehead atoms. The van der Waals surface area contributed by atoms with Crippen LogP contribution in [-0.2, 0) is 11.7 Å². The Balaban J connectivity index is 0.00000240. The molecule has 0 spiro atoms. The molecule has 0 radical (unpaired) electrons. The van der Waals surface area contributed by atoms with Crippen molar-refractivity contribution in [3.8, 4) is 0 Å². The van der Waals surface area contributed by atoms with Crippen LogP contribution in [-0.4, -0.2) is 9.78 Å². The Labute approximate surface area is 173 Å². The maximum Gasteiger partial charge on any atom is 0.416 e. The number of hydrogen-bond donors (Lipinski definition) is 0. The molecule has 0 N–H and O–H groups in total. The summed E-state index contributed by atoms with van der Waals surface area (Å²) in [6.45, 7) is 0. The van der Waals surface area contributed by atoms with Crippen molar-refractivity contribution >= 4 is 12.4 Å². The van der Waals surface area contributed by atoms with Crippen molar-refractivity contribution in [2.75, 3.05) is 0 Å². The molecule has 0 amide bonds. The van der Waals surface area contributed by atoms with Crippen LogP contribution in [0.3, 0.4) is 0 Å². The molecule has 0 atom stereocenters. The van der Waals surface area contributed by atoms with Crippen molar-refractivity contribution < 1.29 is 13.2 Å². The molecule has 6 heteroatoms. The normalized spacial score (nSPS) is 11.7. The summed E-state index contributed by atoms with van der Waals surface area (Å²) in [7, 11) is 0. The first kappa shape index (κ1) is 20.7. The van der Waals surface area contributed by atoms with Gasteiger partial charge in [-0.1, -0.05) is 72.8 Å². The number of rotatable bonds is 4. The fraction of sp³-hybridized carbons (Fsp3) is 0.0870. The molecule has 0 aliphatic carbocycles. The van der Waals surface area contributed by atoms with Crippen LogP contribution in [0.15, 0.2) is 103 Å². The highest BCUT2D eigenvalue weighted by molar-refractivity contribution is 5.85. The van der Waals surface area contributed by atoms with E-state index >= 15 is 0 Å². The van der Waals surface area contributed by atoms with Crippen molar-refractivity contribution in [3.63, 3.8) is 0 Å². The first-order valence-corrected chi connectivity index (χ1v) is 8.82. The van der Waals surface area contributed by atoms with Crippen LogP contribution in [0, 0.1) is 0 Å². The Kier molecular flexibility index (Phi) is 5.80. The molecular weight excluding hydrogens is 397 g/mol. The van der Waals surface area contributed by atoms with Gasteiger partial charge in [0, 0.05) is 12.4 Å². The van der Waals surface area contributed by atoms with Gasteiger partial charge in [-0.15, -0.1) is 12.4 Å². The third-order valence-electron chi connectivity index (χ3n) is 4.84. The predicted molar refractivity (Wildman–Crippen MR) is 109 cm³/mol. The largest absolute Gasteiger partial charge is 0.416 e. The first-order chi connectivity index (χ1) is 13.5. The second-order valence-electron chi connectivity index (χ2n) is 6.47. The molecule has 2 nitrogen and oxygen atoms in total. The lowest BCUT2D eigenvalue weighted by atomic mass is 9.76. The third-order valence-corrected chi connectivity index (χ3v) is 4.84. The molecule has 29 heavy (non-hydrogen) atoms. The minimum absolute atomic E-state index is 0. The lowest BCUT2D eigenvalue weighted by molar-refractivity contribution is -0.137. The fourth-order valence-corrected chi connectivity index (χ4v) is 3.64. The van der Waals surface area contributed by atoms with Gasteiger partial charge in [0.15, 0.2) is 0 Å². The molecule has 0 saturated carbocycles. The number of nitrogens with zero attached hydrogens (tertiary/aromatic N) is 2. The van der Waals surface area contributed by atoms with Gasteiger partial charge in [-0.05, 0) is 34.9 Å². The van der Waals surface area contributed by atoms with Gasteiger partial charge in [0.1, 0.15) is 5.54 Å². The molecule has 4 rings (SSSR count). The molecular formula is C23H18ClF3N2. The zero-order valence-corrected chi connectivity index (χ0v) is 16.1. The maximum atomic E-state index is 13.5. The monoisotopic (exact) mass is 414 g/mol. The van der Waals surface area contributed by atoms with Crippen LogP contribution >= 0.6 is 12.4 Å². The van der Waals surface area contributed by atoms with Crippen LogP contribution in [0.25, 0.3) is 0 Å². The van der Waals surface area contributed by atoms with Crippen LogP contribution in [0.5, 0.6) is 0 Å². The summed E-state index contributed by atoms with van der Waals surface area (Å²) >= 11 is 0. The van der Waals surface area contributed by atoms with Crippen LogP contribution < -0.4 is 0 Å². The quantitative estimate of drug-likeness (QED) is 0.365. The molecule has 3 aromatic carbocycles. The van der Waals surface area contributed by atoms with Gasteiger partial charge in [0.05, 0.1) is 5.56 Å². The molecule has 148 valence electrons. The van der Waals surface area contributed by atoms with Gasteiger partial charge in [0.2, 0.25) is 0 Å². The van der Waals surface area contributed by atoms with Crippen molar-refractivity contribution in [1.82, 2.24) is 9.78 Å². The van der Waals surface area contributed by atoms with Gasteiger partial charge < -0.3 is 0 Å². The number of halogens is 4. The fourth-order valence-electron chi connectivity index (χ4n) is 3.64. The number of aromatic nitrogens is 2. The summed E-state index contributed by atoms with van der Waals surface area (Å²) < 4.78 is 42.2. The molecule has 0 aliphatic heterocycles. The van der Waals surface area contributed by atoms with Crippen molar-refractivity contribution in [3.05, 3.63) is 126 Å². The molecule has 4 aromatic rings. The topological polar surface area (TPSA) is 17.8 Å². The van der Waals surface area contributed by atoms with E-state index in [0.29, 0.717) is 5.56 Å². The van der Waals surface area contributed by atoms with Crippen LogP contribution in [0.4, 0.5) is 13.2 Å². The summed E-state index contributed by atoms with van der Waals surface area (Å²) in [5.41, 5.74) is 0.415. The zero-order chi connectivity index (χ0) is 19.6. The van der Waals surface area contributed by atoms with Gasteiger partial charge in [-0.25, -0.2) is 0 Å². The van der Waals surface area contributed by atoms with E-state index in [-0.39, 0.29) is 12.4 Å². The molecule has 0 aliphatic rings. The standard InChI is InChI=1S/C23H17F3N2.ClH/c24-23(25,26)21-14-7-13-20(17-21)22(28-16-8-15-27-28,18-9-3-1-4-10-18)19-11-5-2-6-12-19;/h1-17H;1H. The van der Waals surface area contributed by atoms with E-state index in [0.717, 1.165) is 17.2 Å². The van der Waals surface area contributed by atoms with Gasteiger partial charge in [0.25, 0.3) is 0 Å². The smallest absolute Gasteiger partial charge is 0.253 e. The average Bonchev–Trinajstić information content (AvgIpc) is 3.25. The molecule has 0 unspecified atom stereocenters. The second kappa shape index (κ2) is 8.13. The molecule has 0 saturated heterocycles. The van der Waals surface area contributed by atoms with E-state index in [4.69, 9.17) is 0 Å². The first-order valence-electron chi connectivity index (χ1n) is 8.82. The summed E-state index contributed by atoms with van der Waals surface area (Å²) in [5.74, 6) is 0. The van der Waals surface area contributed by atoms with E-state index in [1.807, 2.05) is 60.7 Å². The Bertz CT molecular complexity index is 1010. The maximum absolute atomic E-state index is 13.5. The SMILES string of the molecule is Cl.FC(F)(F)c1cccc(C(c2ccccc2)(c2ccccc2)n2cccn2)c1. The highest BCUT2D eigenvalue weighted by Gasteiger charge is 2.40. The summed E-state index contributed by atoms with van der Waals surface area (Å²) in [6.07, 6.45) is -1.02.